The van der Waals surface area contributed by atoms with Gasteiger partial charge in [0.25, 0.3) is 5.91 Å². The highest BCUT2D eigenvalue weighted by Crippen LogP contribution is 2.15. The average molecular weight is 271 g/mol. The van der Waals surface area contributed by atoms with Crippen molar-refractivity contribution in [2.45, 2.75) is 24.2 Å². The first-order chi connectivity index (χ1) is 8.56. The molecule has 3 nitrogen and oxygen atoms in total. The molecule has 1 aromatic rings. The van der Waals surface area contributed by atoms with Crippen LogP contribution in [-0.4, -0.2) is 36.1 Å². The smallest absolute Gasteiger partial charge is 0.253 e. The first-order valence-corrected chi connectivity index (χ1v) is 6.36. The average Bonchev–Trinajstić information content (AvgIpc) is 2.37. The van der Waals surface area contributed by atoms with Gasteiger partial charge in [-0.1, -0.05) is 0 Å². The number of amides is 1. The molecule has 0 aliphatic carbocycles. The van der Waals surface area contributed by atoms with Crippen molar-refractivity contribution >= 4 is 18.5 Å². The van der Waals surface area contributed by atoms with Crippen LogP contribution in [0, 0.1) is 5.82 Å². The number of unbranched alkanes of at least 4 members (excludes halogenated alkanes) is 2. The SMILES string of the molecule is CN(CCCCCO)C(=O)c1ccc(F)c(S)c1. The topological polar surface area (TPSA) is 40.5 Å². The van der Waals surface area contributed by atoms with Gasteiger partial charge in [-0.25, -0.2) is 4.39 Å². The van der Waals surface area contributed by atoms with Crippen molar-refractivity contribution in [2.24, 2.45) is 0 Å². The maximum atomic E-state index is 13.0. The number of aliphatic hydroxyl groups excluding tert-OH is 1. The predicted molar refractivity (Wildman–Crippen MR) is 71.5 cm³/mol. The van der Waals surface area contributed by atoms with E-state index >= 15 is 0 Å². The normalized spacial score (nSPS) is 10.4. The van der Waals surface area contributed by atoms with Gasteiger partial charge in [0.1, 0.15) is 5.82 Å². The van der Waals surface area contributed by atoms with E-state index in [1.807, 2.05) is 0 Å². The van der Waals surface area contributed by atoms with Gasteiger partial charge in [-0.2, -0.15) is 0 Å². The van der Waals surface area contributed by atoms with E-state index in [1.54, 1.807) is 11.9 Å². The molecule has 1 rings (SSSR count). The number of hydrogen-bond acceptors (Lipinski definition) is 3. The Hall–Kier alpha value is -1.07. The molecule has 0 aliphatic rings. The molecular formula is C13H18FNO2S. The molecule has 100 valence electrons. The van der Waals surface area contributed by atoms with Gasteiger partial charge >= 0.3 is 0 Å². The Morgan fingerprint density at radius 2 is 2.11 bits per heavy atom. The van der Waals surface area contributed by atoms with E-state index in [1.165, 1.54) is 18.2 Å². The standard InChI is InChI=1S/C13H18FNO2S/c1-15(7-3-2-4-8-16)13(17)10-5-6-11(14)12(18)9-10/h5-6,9,16,18H,2-4,7-8H2,1H3. The summed E-state index contributed by atoms with van der Waals surface area (Å²) in [4.78, 5) is 13.8. The van der Waals surface area contributed by atoms with Crippen LogP contribution in [0.3, 0.4) is 0 Å². The van der Waals surface area contributed by atoms with Gasteiger partial charge in [0.15, 0.2) is 0 Å². The number of halogens is 1. The molecule has 1 N–H and O–H groups in total. The zero-order valence-corrected chi connectivity index (χ0v) is 11.3. The van der Waals surface area contributed by atoms with Crippen LogP contribution in [-0.2, 0) is 0 Å². The van der Waals surface area contributed by atoms with Crippen LogP contribution in [0.25, 0.3) is 0 Å². The molecule has 0 saturated heterocycles. The van der Waals surface area contributed by atoms with Gasteiger partial charge in [-0.15, -0.1) is 12.6 Å². The molecule has 0 saturated carbocycles. The largest absolute Gasteiger partial charge is 0.396 e. The van der Waals surface area contributed by atoms with Crippen molar-refractivity contribution in [3.63, 3.8) is 0 Å². The molecule has 5 heteroatoms. The second kappa shape index (κ2) is 7.38. The van der Waals surface area contributed by atoms with Crippen molar-refractivity contribution in [3.8, 4) is 0 Å². The monoisotopic (exact) mass is 271 g/mol. The molecule has 0 bridgehead atoms. The Morgan fingerprint density at radius 1 is 1.39 bits per heavy atom. The maximum absolute atomic E-state index is 13.0. The fourth-order valence-corrected chi connectivity index (χ4v) is 1.82. The van der Waals surface area contributed by atoms with Gasteiger partial charge < -0.3 is 10.0 Å². The summed E-state index contributed by atoms with van der Waals surface area (Å²) in [6, 6.07) is 4.14. The zero-order chi connectivity index (χ0) is 13.5. The molecule has 1 amide bonds. The molecule has 0 spiro atoms. The molecule has 0 fully saturated rings. The van der Waals surface area contributed by atoms with Crippen LogP contribution in [0.15, 0.2) is 23.1 Å². The third-order valence-electron chi connectivity index (χ3n) is 2.69. The molecule has 0 atom stereocenters. The summed E-state index contributed by atoms with van der Waals surface area (Å²) in [6.07, 6.45) is 2.48. The lowest BCUT2D eigenvalue weighted by molar-refractivity contribution is 0.0792. The Kier molecular flexibility index (Phi) is 6.15. The fourth-order valence-electron chi connectivity index (χ4n) is 1.61. The van der Waals surface area contributed by atoms with Crippen LogP contribution >= 0.6 is 12.6 Å². The lowest BCUT2D eigenvalue weighted by atomic mass is 10.2. The summed E-state index contributed by atoms with van der Waals surface area (Å²) in [6.45, 7) is 0.802. The summed E-state index contributed by atoms with van der Waals surface area (Å²) in [5, 5.41) is 8.65. The second-order valence-electron chi connectivity index (χ2n) is 4.18. The van der Waals surface area contributed by atoms with Gasteiger partial charge in [-0.05, 0) is 37.5 Å². The minimum Gasteiger partial charge on any atom is -0.396 e. The molecule has 18 heavy (non-hydrogen) atoms. The minimum atomic E-state index is -0.430. The summed E-state index contributed by atoms with van der Waals surface area (Å²) in [5.41, 5.74) is 0.436. The lowest BCUT2D eigenvalue weighted by Gasteiger charge is -2.17. The van der Waals surface area contributed by atoms with E-state index in [4.69, 9.17) is 5.11 Å². The lowest BCUT2D eigenvalue weighted by Crippen LogP contribution is -2.27. The number of carbonyl (C=O) groups excluding carboxylic acids is 1. The van der Waals surface area contributed by atoms with E-state index < -0.39 is 5.82 Å². The van der Waals surface area contributed by atoms with Crippen molar-refractivity contribution in [1.82, 2.24) is 4.90 Å². The number of nitrogens with zero attached hydrogens (tertiary/aromatic N) is 1. The Balaban J connectivity index is 2.54. The van der Waals surface area contributed by atoms with Crippen LogP contribution in [0.2, 0.25) is 0 Å². The number of thiol groups is 1. The van der Waals surface area contributed by atoms with Crippen LogP contribution < -0.4 is 0 Å². The van der Waals surface area contributed by atoms with E-state index in [0.717, 1.165) is 19.3 Å². The van der Waals surface area contributed by atoms with E-state index in [9.17, 15) is 9.18 Å². The Bertz CT molecular complexity index is 412. The zero-order valence-electron chi connectivity index (χ0n) is 10.4. The molecule has 0 aromatic heterocycles. The van der Waals surface area contributed by atoms with Crippen molar-refractivity contribution < 1.29 is 14.3 Å². The van der Waals surface area contributed by atoms with Crippen LogP contribution in [0.4, 0.5) is 4.39 Å². The fraction of sp³-hybridized carbons (Fsp3) is 0.462. The molecular weight excluding hydrogens is 253 g/mol. The van der Waals surface area contributed by atoms with Crippen molar-refractivity contribution in [2.75, 3.05) is 20.2 Å². The molecule has 1 aromatic carbocycles. The number of benzene rings is 1. The number of carbonyl (C=O) groups is 1. The van der Waals surface area contributed by atoms with Gasteiger partial charge in [0.05, 0.1) is 0 Å². The van der Waals surface area contributed by atoms with E-state index in [-0.39, 0.29) is 17.4 Å². The van der Waals surface area contributed by atoms with Gasteiger partial charge in [0, 0.05) is 30.7 Å². The molecule has 0 heterocycles. The third kappa shape index (κ3) is 4.31. The second-order valence-corrected chi connectivity index (χ2v) is 4.66. The summed E-state index contributed by atoms with van der Waals surface area (Å²) in [5.74, 6) is -0.574. The van der Waals surface area contributed by atoms with Gasteiger partial charge in [0.2, 0.25) is 0 Å². The number of aliphatic hydroxyl groups is 1. The number of rotatable bonds is 6. The maximum Gasteiger partial charge on any atom is 0.253 e. The summed E-state index contributed by atoms with van der Waals surface area (Å²) < 4.78 is 13.0. The van der Waals surface area contributed by atoms with Gasteiger partial charge in [-0.3, -0.25) is 4.79 Å². The first-order valence-electron chi connectivity index (χ1n) is 5.91. The summed E-state index contributed by atoms with van der Waals surface area (Å²) >= 11 is 3.96. The highest BCUT2D eigenvalue weighted by atomic mass is 32.1. The molecule has 0 radical (unpaired) electrons. The minimum absolute atomic E-state index is 0.144. The molecule has 0 aliphatic heterocycles. The van der Waals surface area contributed by atoms with E-state index in [2.05, 4.69) is 12.6 Å². The highest BCUT2D eigenvalue weighted by Gasteiger charge is 2.12. The van der Waals surface area contributed by atoms with Crippen LogP contribution in [0.1, 0.15) is 29.6 Å². The third-order valence-corrected chi connectivity index (χ3v) is 3.03. The van der Waals surface area contributed by atoms with Crippen molar-refractivity contribution in [3.05, 3.63) is 29.6 Å². The Morgan fingerprint density at radius 3 is 2.72 bits per heavy atom. The highest BCUT2D eigenvalue weighted by molar-refractivity contribution is 7.80. The van der Waals surface area contributed by atoms with Crippen LogP contribution in [0.5, 0.6) is 0 Å². The Labute approximate surface area is 112 Å². The number of hydrogen-bond donors (Lipinski definition) is 2. The first kappa shape index (κ1) is 15.0. The van der Waals surface area contributed by atoms with E-state index in [0.29, 0.717) is 12.1 Å². The quantitative estimate of drug-likeness (QED) is 0.616. The van der Waals surface area contributed by atoms with Crippen molar-refractivity contribution in [1.29, 1.82) is 0 Å². The summed E-state index contributed by atoms with van der Waals surface area (Å²) in [7, 11) is 1.71. The predicted octanol–water partition coefficient (Wildman–Crippen LogP) is 2.35. The molecule has 0 unspecified atom stereocenters.